The number of halogens is 1. The van der Waals surface area contributed by atoms with Crippen molar-refractivity contribution in [3.05, 3.63) is 29.6 Å². The molecule has 0 unspecified atom stereocenters. The molecule has 6 heteroatoms. The van der Waals surface area contributed by atoms with E-state index in [2.05, 4.69) is 10.1 Å². The van der Waals surface area contributed by atoms with E-state index < -0.39 is 0 Å². The first-order valence-corrected chi connectivity index (χ1v) is 6.66. The molecule has 3 N–H and O–H groups in total. The van der Waals surface area contributed by atoms with Gasteiger partial charge in [-0.15, -0.1) is 0 Å². The van der Waals surface area contributed by atoms with Crippen molar-refractivity contribution in [3.63, 3.8) is 0 Å². The molecule has 0 amide bonds. The summed E-state index contributed by atoms with van der Waals surface area (Å²) in [6.07, 6.45) is 1.71. The van der Waals surface area contributed by atoms with E-state index in [1.54, 1.807) is 6.07 Å². The fourth-order valence-electron chi connectivity index (χ4n) is 2.53. The Kier molecular flexibility index (Phi) is 4.79. The minimum absolute atomic E-state index is 0.142. The second kappa shape index (κ2) is 6.56. The highest BCUT2D eigenvalue weighted by Crippen LogP contribution is 2.22. The zero-order chi connectivity index (χ0) is 14.5. The van der Waals surface area contributed by atoms with Gasteiger partial charge in [0.25, 0.3) is 0 Å². The molecule has 0 aliphatic carbocycles. The number of ether oxygens (including phenoxy) is 1. The van der Waals surface area contributed by atoms with Gasteiger partial charge in [0, 0.05) is 12.5 Å². The number of nitrogens with zero attached hydrogens (tertiary/aromatic N) is 2. The lowest BCUT2D eigenvalue weighted by molar-refractivity contribution is 0.198. The quantitative estimate of drug-likeness (QED) is 0.382. The summed E-state index contributed by atoms with van der Waals surface area (Å²) in [4.78, 5) is 2.24. The van der Waals surface area contributed by atoms with Gasteiger partial charge >= 0.3 is 0 Å². The van der Waals surface area contributed by atoms with Crippen molar-refractivity contribution in [1.82, 2.24) is 4.90 Å². The summed E-state index contributed by atoms with van der Waals surface area (Å²) in [7, 11) is 1.45. The van der Waals surface area contributed by atoms with Crippen molar-refractivity contribution >= 4 is 5.84 Å². The second-order valence-corrected chi connectivity index (χ2v) is 5.04. The Morgan fingerprint density at radius 1 is 1.50 bits per heavy atom. The second-order valence-electron chi connectivity index (χ2n) is 5.04. The van der Waals surface area contributed by atoms with Gasteiger partial charge in [-0.2, -0.15) is 0 Å². The van der Waals surface area contributed by atoms with Crippen LogP contribution in [0.1, 0.15) is 18.4 Å². The molecule has 20 heavy (non-hydrogen) atoms. The number of likely N-dealkylation sites (tertiary alicyclic amines) is 1. The van der Waals surface area contributed by atoms with Gasteiger partial charge in [0.05, 0.1) is 7.11 Å². The van der Waals surface area contributed by atoms with Crippen molar-refractivity contribution in [2.75, 3.05) is 20.2 Å². The number of hydrogen-bond donors (Lipinski definition) is 2. The molecule has 2 rings (SSSR count). The number of amidine groups is 1. The van der Waals surface area contributed by atoms with Crippen LogP contribution in [0, 0.1) is 11.7 Å². The molecule has 0 saturated carbocycles. The molecule has 1 fully saturated rings. The van der Waals surface area contributed by atoms with E-state index in [0.717, 1.165) is 31.5 Å². The zero-order valence-electron chi connectivity index (χ0n) is 11.6. The van der Waals surface area contributed by atoms with Gasteiger partial charge in [0.15, 0.2) is 11.6 Å². The topological polar surface area (TPSA) is 71.1 Å². The summed E-state index contributed by atoms with van der Waals surface area (Å²) >= 11 is 0. The molecule has 1 saturated heterocycles. The van der Waals surface area contributed by atoms with Gasteiger partial charge in [-0.3, -0.25) is 4.90 Å². The molecule has 0 aromatic heterocycles. The van der Waals surface area contributed by atoms with Crippen molar-refractivity contribution in [2.24, 2.45) is 16.8 Å². The maximum absolute atomic E-state index is 13.6. The monoisotopic (exact) mass is 281 g/mol. The smallest absolute Gasteiger partial charge is 0.165 e. The zero-order valence-corrected chi connectivity index (χ0v) is 11.6. The Morgan fingerprint density at radius 3 is 2.75 bits per heavy atom. The molecule has 1 aromatic carbocycles. The van der Waals surface area contributed by atoms with Crippen molar-refractivity contribution in [2.45, 2.75) is 19.4 Å². The van der Waals surface area contributed by atoms with E-state index in [1.165, 1.54) is 13.2 Å². The lowest BCUT2D eigenvalue weighted by Gasteiger charge is -2.31. The molecule has 0 spiro atoms. The molecule has 1 aliphatic rings. The number of methoxy groups -OCH3 is 1. The first-order chi connectivity index (χ1) is 9.63. The average Bonchev–Trinajstić information content (AvgIpc) is 2.47. The predicted molar refractivity (Wildman–Crippen MR) is 74.4 cm³/mol. The largest absolute Gasteiger partial charge is 0.494 e. The number of rotatable bonds is 4. The van der Waals surface area contributed by atoms with Crippen LogP contribution in [0.4, 0.5) is 4.39 Å². The van der Waals surface area contributed by atoms with Crippen LogP contribution >= 0.6 is 0 Å². The first kappa shape index (κ1) is 14.6. The highest BCUT2D eigenvalue weighted by atomic mass is 19.1. The molecule has 0 radical (unpaired) electrons. The maximum Gasteiger partial charge on any atom is 0.165 e. The number of benzene rings is 1. The van der Waals surface area contributed by atoms with Crippen LogP contribution in [0.3, 0.4) is 0 Å². The third-order valence-electron chi connectivity index (χ3n) is 3.74. The number of oxime groups is 1. The first-order valence-electron chi connectivity index (χ1n) is 6.66. The molecular formula is C14H20FN3O2. The summed E-state index contributed by atoms with van der Waals surface area (Å²) in [5.41, 5.74) is 6.54. The van der Waals surface area contributed by atoms with Gasteiger partial charge in [-0.05, 0) is 43.6 Å². The van der Waals surface area contributed by atoms with Crippen LogP contribution in [-0.4, -0.2) is 36.1 Å². The molecule has 0 atom stereocenters. The van der Waals surface area contributed by atoms with Crippen molar-refractivity contribution < 1.29 is 14.3 Å². The van der Waals surface area contributed by atoms with Crippen LogP contribution in [-0.2, 0) is 6.54 Å². The maximum atomic E-state index is 13.6. The predicted octanol–water partition coefficient (Wildman–Crippen LogP) is 1.79. The Balaban J connectivity index is 1.91. The Morgan fingerprint density at radius 2 is 2.20 bits per heavy atom. The molecule has 5 nitrogen and oxygen atoms in total. The van der Waals surface area contributed by atoms with Gasteiger partial charge in [0.1, 0.15) is 5.84 Å². The van der Waals surface area contributed by atoms with Gasteiger partial charge in [0.2, 0.25) is 0 Å². The lowest BCUT2D eigenvalue weighted by atomic mass is 9.95. The average molecular weight is 281 g/mol. The summed E-state index contributed by atoms with van der Waals surface area (Å²) in [5.74, 6) is 0.375. The highest BCUT2D eigenvalue weighted by Gasteiger charge is 2.22. The molecule has 110 valence electrons. The fraction of sp³-hybridized carbons (Fsp3) is 0.500. The SMILES string of the molecule is COc1ccc(CN2CCC(C(N)=NO)CC2)cc1F. The fourth-order valence-corrected chi connectivity index (χ4v) is 2.53. The summed E-state index contributed by atoms with van der Waals surface area (Å²) in [6, 6.07) is 5.03. The molecular weight excluding hydrogens is 261 g/mol. The van der Waals surface area contributed by atoms with Gasteiger partial charge in [-0.1, -0.05) is 11.2 Å². The molecule has 1 aliphatic heterocycles. The number of nitrogens with two attached hydrogens (primary N) is 1. The summed E-state index contributed by atoms with van der Waals surface area (Å²) in [6.45, 7) is 2.41. The van der Waals surface area contributed by atoms with E-state index in [-0.39, 0.29) is 17.5 Å². The van der Waals surface area contributed by atoms with Crippen LogP contribution in [0.5, 0.6) is 5.75 Å². The van der Waals surface area contributed by atoms with E-state index in [0.29, 0.717) is 12.4 Å². The summed E-state index contributed by atoms with van der Waals surface area (Å²) < 4.78 is 18.5. The number of piperidine rings is 1. The molecule has 0 bridgehead atoms. The van der Waals surface area contributed by atoms with E-state index in [4.69, 9.17) is 15.7 Å². The highest BCUT2D eigenvalue weighted by molar-refractivity contribution is 5.82. The Hall–Kier alpha value is -1.82. The molecule has 1 aromatic rings. The van der Waals surface area contributed by atoms with E-state index in [1.807, 2.05) is 6.07 Å². The van der Waals surface area contributed by atoms with E-state index >= 15 is 0 Å². The number of hydrogen-bond acceptors (Lipinski definition) is 4. The van der Waals surface area contributed by atoms with Crippen LogP contribution in [0.15, 0.2) is 23.4 Å². The van der Waals surface area contributed by atoms with E-state index in [9.17, 15) is 4.39 Å². The third kappa shape index (κ3) is 3.39. The summed E-state index contributed by atoms with van der Waals surface area (Å²) in [5, 5.41) is 11.7. The van der Waals surface area contributed by atoms with Gasteiger partial charge < -0.3 is 15.7 Å². The van der Waals surface area contributed by atoms with Crippen LogP contribution in [0.25, 0.3) is 0 Å². The van der Waals surface area contributed by atoms with Crippen molar-refractivity contribution in [3.8, 4) is 5.75 Å². The normalized spacial score (nSPS) is 18.2. The lowest BCUT2D eigenvalue weighted by Crippen LogP contribution is -2.38. The molecule has 1 heterocycles. The minimum atomic E-state index is -0.337. The van der Waals surface area contributed by atoms with Gasteiger partial charge in [-0.25, -0.2) is 4.39 Å². The van der Waals surface area contributed by atoms with Crippen LogP contribution in [0.2, 0.25) is 0 Å². The van der Waals surface area contributed by atoms with Crippen LogP contribution < -0.4 is 10.5 Å². The Bertz CT molecular complexity index is 485. The van der Waals surface area contributed by atoms with Crippen molar-refractivity contribution in [1.29, 1.82) is 0 Å². The standard InChI is InChI=1S/C14H20FN3O2/c1-20-13-3-2-10(8-12(13)15)9-18-6-4-11(5-7-18)14(16)17-19/h2-3,8,11,19H,4-7,9H2,1H3,(H2,16,17). The third-order valence-corrected chi connectivity index (χ3v) is 3.74. The minimum Gasteiger partial charge on any atom is -0.494 e. The Labute approximate surface area is 117 Å².